The normalized spacial score (nSPS) is 16.5. The van der Waals surface area contributed by atoms with Crippen LogP contribution in [0.1, 0.15) is 34.9 Å². The number of fused-ring (bicyclic) bond motifs is 3. The van der Waals surface area contributed by atoms with E-state index in [1.54, 1.807) is 16.7 Å². The van der Waals surface area contributed by atoms with Crippen LogP contribution in [0.2, 0.25) is 15.1 Å². The Balaban J connectivity index is 1.42. The van der Waals surface area contributed by atoms with E-state index in [-0.39, 0.29) is 11.6 Å². The molecular weight excluding hydrogens is 571 g/mol. The summed E-state index contributed by atoms with van der Waals surface area (Å²) >= 11 is 20.5. The van der Waals surface area contributed by atoms with Gasteiger partial charge in [0.05, 0.1) is 16.3 Å². The van der Waals surface area contributed by atoms with Crippen molar-refractivity contribution in [3.63, 3.8) is 0 Å². The molecule has 3 heterocycles. The van der Waals surface area contributed by atoms with Crippen LogP contribution >= 0.6 is 46.1 Å². The van der Waals surface area contributed by atoms with Crippen molar-refractivity contribution in [1.29, 1.82) is 0 Å². The highest BCUT2D eigenvalue weighted by Gasteiger charge is 2.33. The summed E-state index contributed by atoms with van der Waals surface area (Å²) in [6.45, 7) is 0. The lowest BCUT2D eigenvalue weighted by Gasteiger charge is -2.31. The molecule has 39 heavy (non-hydrogen) atoms. The van der Waals surface area contributed by atoms with Gasteiger partial charge in [-0.2, -0.15) is 0 Å². The van der Waals surface area contributed by atoms with E-state index in [2.05, 4.69) is 18.2 Å². The monoisotopic (exact) mass is 588 g/mol. The van der Waals surface area contributed by atoms with Crippen molar-refractivity contribution >= 4 is 57.9 Å². The fourth-order valence-corrected chi connectivity index (χ4v) is 7.06. The molecule has 2 aliphatic rings. The highest BCUT2D eigenvalue weighted by atomic mass is 35.5. The third kappa shape index (κ3) is 4.30. The minimum Gasteiger partial charge on any atom is -0.457 e. The smallest absolute Gasteiger partial charge is 0.271 e. The van der Waals surface area contributed by atoms with Gasteiger partial charge in [-0.15, -0.1) is 0 Å². The van der Waals surface area contributed by atoms with Gasteiger partial charge >= 0.3 is 0 Å². The quantitative estimate of drug-likeness (QED) is 0.218. The second-order valence-corrected chi connectivity index (χ2v) is 11.8. The first-order valence-corrected chi connectivity index (χ1v) is 14.3. The zero-order valence-corrected chi connectivity index (χ0v) is 23.4. The van der Waals surface area contributed by atoms with Gasteiger partial charge < -0.3 is 4.42 Å². The number of aromatic nitrogens is 1. The number of furan rings is 1. The molecule has 192 valence electrons. The number of rotatable bonds is 3. The molecule has 0 saturated carbocycles. The van der Waals surface area contributed by atoms with Gasteiger partial charge in [0.1, 0.15) is 11.5 Å². The lowest BCUT2D eigenvalue weighted by Crippen LogP contribution is -2.38. The molecule has 5 aromatic rings. The van der Waals surface area contributed by atoms with Gasteiger partial charge in [-0.3, -0.25) is 9.36 Å². The highest BCUT2D eigenvalue weighted by molar-refractivity contribution is 7.07. The number of hydrogen-bond acceptors (Lipinski definition) is 4. The number of thiazole rings is 1. The minimum atomic E-state index is -0.379. The van der Waals surface area contributed by atoms with Gasteiger partial charge in [0.2, 0.25) is 0 Å². The van der Waals surface area contributed by atoms with Crippen molar-refractivity contribution in [2.75, 3.05) is 0 Å². The van der Waals surface area contributed by atoms with Gasteiger partial charge in [0.25, 0.3) is 5.56 Å². The topological polar surface area (TPSA) is 47.5 Å². The van der Waals surface area contributed by atoms with Crippen molar-refractivity contribution in [1.82, 2.24) is 4.57 Å². The first-order valence-electron chi connectivity index (χ1n) is 12.4. The largest absolute Gasteiger partial charge is 0.457 e. The maximum Gasteiger partial charge on any atom is 0.271 e. The molecular formula is C31H19Cl3N2O2S. The molecule has 0 saturated heterocycles. The average Bonchev–Trinajstić information content (AvgIpc) is 3.52. The molecule has 7 rings (SSSR count). The second-order valence-electron chi connectivity index (χ2n) is 9.49. The first kappa shape index (κ1) is 24.7. The Labute approximate surface area is 242 Å². The number of allylic oxidation sites excluding steroid dienone is 1. The molecule has 0 fully saturated rings. The molecule has 4 nitrogen and oxygen atoms in total. The Morgan fingerprint density at radius 1 is 0.923 bits per heavy atom. The molecule has 1 atom stereocenters. The summed E-state index contributed by atoms with van der Waals surface area (Å²) in [4.78, 5) is 19.6. The third-order valence-electron chi connectivity index (χ3n) is 7.14. The summed E-state index contributed by atoms with van der Waals surface area (Å²) in [6, 6.07) is 24.6. The molecule has 3 aromatic carbocycles. The molecule has 8 heteroatoms. The lowest BCUT2D eigenvalue weighted by atomic mass is 9.83. The van der Waals surface area contributed by atoms with E-state index in [4.69, 9.17) is 44.2 Å². The summed E-state index contributed by atoms with van der Waals surface area (Å²) in [7, 11) is 0. The first-order chi connectivity index (χ1) is 19.0. The van der Waals surface area contributed by atoms with E-state index in [1.165, 1.54) is 16.9 Å². The van der Waals surface area contributed by atoms with Crippen LogP contribution in [0.25, 0.3) is 23.1 Å². The number of nitrogens with zero attached hydrogens (tertiary/aromatic N) is 2. The van der Waals surface area contributed by atoms with E-state index in [0.717, 1.165) is 40.8 Å². The standard InChI is InChI=1S/C31H19Cl3N2O2S/c32-19-6-3-5-18(14-19)26-13-10-21(38-26)16-27-30(37)36-29(23-12-9-20(33)15-25(23)34)24-11-8-17-4-1-2-7-22(17)28(24)35-31(36)39-27/h1-7,9-10,12-16,29H,8,11H2/b27-16+/t29-/m1/s1. The van der Waals surface area contributed by atoms with Crippen molar-refractivity contribution in [3.8, 4) is 11.3 Å². The Kier molecular flexibility index (Phi) is 6.13. The molecule has 0 radical (unpaired) electrons. The fraction of sp³-hybridized carbons (Fsp3) is 0.0968. The Hall–Kier alpha value is -3.35. The molecule has 1 aliphatic carbocycles. The predicted molar refractivity (Wildman–Crippen MR) is 158 cm³/mol. The summed E-state index contributed by atoms with van der Waals surface area (Å²) in [6.07, 6.45) is 3.43. The van der Waals surface area contributed by atoms with Gasteiger partial charge in [-0.05, 0) is 65.9 Å². The zero-order chi connectivity index (χ0) is 26.7. The maximum atomic E-state index is 14.0. The van der Waals surface area contributed by atoms with Crippen LogP contribution in [0.4, 0.5) is 0 Å². The molecule has 0 spiro atoms. The second kappa shape index (κ2) is 9.68. The van der Waals surface area contributed by atoms with Crippen LogP contribution in [0.5, 0.6) is 0 Å². The van der Waals surface area contributed by atoms with E-state index >= 15 is 0 Å². The van der Waals surface area contributed by atoms with Crippen molar-refractivity contribution in [2.24, 2.45) is 4.99 Å². The van der Waals surface area contributed by atoms with Crippen LogP contribution in [0.3, 0.4) is 0 Å². The van der Waals surface area contributed by atoms with Crippen molar-refractivity contribution < 1.29 is 4.42 Å². The van der Waals surface area contributed by atoms with Crippen molar-refractivity contribution in [2.45, 2.75) is 18.9 Å². The summed E-state index contributed by atoms with van der Waals surface area (Å²) in [5.74, 6) is 1.25. The van der Waals surface area contributed by atoms with E-state index in [1.807, 2.05) is 54.6 Å². The van der Waals surface area contributed by atoms with Gasteiger partial charge in [0, 0.05) is 32.3 Å². The Morgan fingerprint density at radius 2 is 1.77 bits per heavy atom. The van der Waals surface area contributed by atoms with E-state index in [9.17, 15) is 4.79 Å². The van der Waals surface area contributed by atoms with Crippen molar-refractivity contribution in [3.05, 3.63) is 142 Å². The number of halogens is 3. The SMILES string of the molecule is O=c1/c(=C\c2ccc(-c3cccc(Cl)c3)o2)sc2n1[C@H](c1ccc(Cl)cc1Cl)C1=C(N=2)c2ccccc2CC1. The minimum absolute atomic E-state index is 0.138. The summed E-state index contributed by atoms with van der Waals surface area (Å²) in [5, 5.41) is 1.70. The Bertz CT molecular complexity index is 2000. The molecule has 0 N–H and O–H groups in total. The molecule has 1 aliphatic heterocycles. The molecule has 0 unspecified atom stereocenters. The van der Waals surface area contributed by atoms with E-state index < -0.39 is 0 Å². The Morgan fingerprint density at radius 3 is 2.62 bits per heavy atom. The fourth-order valence-electron chi connectivity index (χ4n) is 5.38. The summed E-state index contributed by atoms with van der Waals surface area (Å²) in [5.41, 5.74) is 5.91. The number of aryl methyl sites for hydroxylation is 1. The van der Waals surface area contributed by atoms with Crippen LogP contribution in [0, 0.1) is 0 Å². The van der Waals surface area contributed by atoms with Crippen LogP contribution in [-0.4, -0.2) is 4.57 Å². The zero-order valence-electron chi connectivity index (χ0n) is 20.3. The van der Waals surface area contributed by atoms with Crippen LogP contribution in [-0.2, 0) is 6.42 Å². The maximum absolute atomic E-state index is 14.0. The third-order valence-corrected chi connectivity index (χ3v) is 8.92. The number of hydrogen-bond donors (Lipinski definition) is 0. The van der Waals surface area contributed by atoms with Crippen LogP contribution in [0.15, 0.2) is 98.6 Å². The van der Waals surface area contributed by atoms with Gasteiger partial charge in [0.15, 0.2) is 4.80 Å². The molecule has 0 bridgehead atoms. The predicted octanol–water partition coefficient (Wildman–Crippen LogP) is 7.54. The van der Waals surface area contributed by atoms with Gasteiger partial charge in [-0.1, -0.05) is 88.6 Å². The van der Waals surface area contributed by atoms with Crippen LogP contribution < -0.4 is 14.9 Å². The molecule has 0 amide bonds. The van der Waals surface area contributed by atoms with E-state index in [0.29, 0.717) is 35.9 Å². The highest BCUT2D eigenvalue weighted by Crippen LogP contribution is 2.43. The van der Waals surface area contributed by atoms with Gasteiger partial charge in [-0.25, -0.2) is 4.99 Å². The summed E-state index contributed by atoms with van der Waals surface area (Å²) < 4.78 is 8.36. The number of benzene rings is 3. The average molecular weight is 590 g/mol. The lowest BCUT2D eigenvalue weighted by molar-refractivity contribution is 0.570. The molecule has 2 aromatic heterocycles.